The number of piperidine rings is 1. The summed E-state index contributed by atoms with van der Waals surface area (Å²) in [6.07, 6.45) is 1.21. The van der Waals surface area contributed by atoms with Gasteiger partial charge in [0, 0.05) is 45.0 Å². The summed E-state index contributed by atoms with van der Waals surface area (Å²) >= 11 is 0. The molecule has 3 atom stereocenters. The van der Waals surface area contributed by atoms with Crippen LogP contribution in [0.1, 0.15) is 32.8 Å². The lowest BCUT2D eigenvalue weighted by atomic mass is 9.92. The van der Waals surface area contributed by atoms with Crippen LogP contribution in [0.5, 0.6) is 0 Å². The van der Waals surface area contributed by atoms with Crippen molar-refractivity contribution in [3.63, 3.8) is 0 Å². The third-order valence-electron chi connectivity index (χ3n) is 6.23. The summed E-state index contributed by atoms with van der Waals surface area (Å²) in [4.78, 5) is 31.8. The number of carbonyl (C=O) groups excluding carboxylic acids is 2. The molecule has 0 aromatic heterocycles. The van der Waals surface area contributed by atoms with Gasteiger partial charge in [-0.1, -0.05) is 31.5 Å². The van der Waals surface area contributed by atoms with Gasteiger partial charge in [0.05, 0.1) is 12.6 Å². The number of hydrogen-bond donors (Lipinski definition) is 1. The number of anilines is 1. The topological polar surface area (TPSA) is 55.9 Å². The second-order valence-electron chi connectivity index (χ2n) is 9.09. The Kier molecular flexibility index (Phi) is 7.30. The molecule has 6 nitrogen and oxygen atoms in total. The fourth-order valence-electron chi connectivity index (χ4n) is 4.52. The Morgan fingerprint density at radius 2 is 1.62 bits per heavy atom. The molecule has 2 heterocycles. The molecule has 0 spiro atoms. The third-order valence-corrected chi connectivity index (χ3v) is 6.23. The zero-order valence-corrected chi connectivity index (χ0v) is 18.4. The standard InChI is InChI=1S/C23H36N4O2/c1-17-5-7-21(8-6-17)24-23(29)20(4)26-11-9-25(10-12-26)16-22(28)27-14-18(2)13-19(3)15-27/h5-8,18-20H,9-16H2,1-4H3,(H,24,29)/t18-,19+,20-/m0/s1. The number of carbonyl (C=O) groups is 2. The third kappa shape index (κ3) is 6.03. The molecule has 0 bridgehead atoms. The highest BCUT2D eigenvalue weighted by molar-refractivity contribution is 5.94. The maximum atomic E-state index is 12.7. The van der Waals surface area contributed by atoms with Gasteiger partial charge < -0.3 is 10.2 Å². The second-order valence-corrected chi connectivity index (χ2v) is 9.09. The SMILES string of the molecule is Cc1ccc(NC(=O)[C@H](C)N2CCN(CC(=O)N3C[C@H](C)C[C@H](C)C3)CC2)cc1. The van der Waals surface area contributed by atoms with E-state index in [1.807, 2.05) is 43.0 Å². The van der Waals surface area contributed by atoms with Crippen LogP contribution in [-0.4, -0.2) is 78.4 Å². The molecule has 0 unspecified atom stereocenters. The Bertz CT molecular complexity index is 687. The number of nitrogens with one attached hydrogen (secondary N) is 1. The van der Waals surface area contributed by atoms with Crippen molar-refractivity contribution in [1.82, 2.24) is 14.7 Å². The minimum absolute atomic E-state index is 0.0228. The first kappa shape index (κ1) is 21.8. The van der Waals surface area contributed by atoms with E-state index in [2.05, 4.69) is 29.0 Å². The van der Waals surface area contributed by atoms with E-state index in [-0.39, 0.29) is 17.9 Å². The molecule has 1 aromatic carbocycles. The highest BCUT2D eigenvalue weighted by Crippen LogP contribution is 2.21. The van der Waals surface area contributed by atoms with Crippen molar-refractivity contribution in [2.24, 2.45) is 11.8 Å². The molecule has 1 aromatic rings. The molecule has 3 rings (SSSR count). The van der Waals surface area contributed by atoms with Crippen molar-refractivity contribution in [3.8, 4) is 0 Å². The van der Waals surface area contributed by atoms with Gasteiger partial charge in [-0.05, 0) is 44.2 Å². The Labute approximate surface area is 175 Å². The van der Waals surface area contributed by atoms with Crippen LogP contribution in [0.15, 0.2) is 24.3 Å². The van der Waals surface area contributed by atoms with Gasteiger partial charge in [0.15, 0.2) is 0 Å². The average Bonchev–Trinajstić information content (AvgIpc) is 2.69. The first-order valence-electron chi connectivity index (χ1n) is 10.9. The first-order valence-corrected chi connectivity index (χ1v) is 10.9. The van der Waals surface area contributed by atoms with Crippen LogP contribution in [0.4, 0.5) is 5.69 Å². The van der Waals surface area contributed by atoms with Crippen LogP contribution >= 0.6 is 0 Å². The second kappa shape index (κ2) is 9.72. The molecule has 160 valence electrons. The molecule has 2 aliphatic rings. The summed E-state index contributed by atoms with van der Waals surface area (Å²) in [7, 11) is 0. The van der Waals surface area contributed by atoms with E-state index < -0.39 is 0 Å². The van der Waals surface area contributed by atoms with Crippen molar-refractivity contribution in [1.29, 1.82) is 0 Å². The summed E-state index contributed by atoms with van der Waals surface area (Å²) < 4.78 is 0. The molecule has 2 amide bonds. The van der Waals surface area contributed by atoms with Crippen LogP contribution in [0.3, 0.4) is 0 Å². The number of likely N-dealkylation sites (tertiary alicyclic amines) is 1. The van der Waals surface area contributed by atoms with Crippen molar-refractivity contribution in [2.45, 2.75) is 40.2 Å². The van der Waals surface area contributed by atoms with Crippen molar-refractivity contribution < 1.29 is 9.59 Å². The Morgan fingerprint density at radius 1 is 1.03 bits per heavy atom. The highest BCUT2D eigenvalue weighted by Gasteiger charge is 2.29. The highest BCUT2D eigenvalue weighted by atomic mass is 16.2. The Hall–Kier alpha value is -1.92. The van der Waals surface area contributed by atoms with Crippen LogP contribution < -0.4 is 5.32 Å². The van der Waals surface area contributed by atoms with E-state index in [1.54, 1.807) is 0 Å². The summed E-state index contributed by atoms with van der Waals surface area (Å²) in [6, 6.07) is 7.69. The molecule has 6 heteroatoms. The first-order chi connectivity index (χ1) is 13.8. The summed E-state index contributed by atoms with van der Waals surface area (Å²) in [6.45, 7) is 14.0. The van der Waals surface area contributed by atoms with Crippen LogP contribution in [-0.2, 0) is 9.59 Å². The zero-order chi connectivity index (χ0) is 21.0. The van der Waals surface area contributed by atoms with Gasteiger partial charge in [0.25, 0.3) is 0 Å². The predicted octanol–water partition coefficient (Wildman–Crippen LogP) is 2.44. The van der Waals surface area contributed by atoms with Gasteiger partial charge in [-0.15, -0.1) is 0 Å². The van der Waals surface area contributed by atoms with Crippen LogP contribution in [0, 0.1) is 18.8 Å². The van der Waals surface area contributed by atoms with Crippen molar-refractivity contribution in [3.05, 3.63) is 29.8 Å². The molecule has 0 radical (unpaired) electrons. The minimum Gasteiger partial charge on any atom is -0.341 e. The molecule has 2 saturated heterocycles. The molecule has 29 heavy (non-hydrogen) atoms. The molecule has 2 fully saturated rings. The predicted molar refractivity (Wildman–Crippen MR) is 117 cm³/mol. The van der Waals surface area contributed by atoms with E-state index >= 15 is 0 Å². The van der Waals surface area contributed by atoms with E-state index in [4.69, 9.17) is 0 Å². The fourth-order valence-corrected chi connectivity index (χ4v) is 4.52. The van der Waals surface area contributed by atoms with Gasteiger partial charge in [-0.25, -0.2) is 0 Å². The fraction of sp³-hybridized carbons (Fsp3) is 0.652. The molecular formula is C23H36N4O2. The van der Waals surface area contributed by atoms with Gasteiger partial charge in [-0.2, -0.15) is 0 Å². The maximum absolute atomic E-state index is 12.7. The number of nitrogens with zero attached hydrogens (tertiary/aromatic N) is 3. The number of hydrogen-bond acceptors (Lipinski definition) is 4. The molecule has 2 aliphatic heterocycles. The minimum atomic E-state index is -0.182. The molecular weight excluding hydrogens is 364 g/mol. The molecule has 1 N–H and O–H groups in total. The van der Waals surface area contributed by atoms with E-state index in [1.165, 1.54) is 12.0 Å². The Balaban J connectivity index is 1.44. The number of amides is 2. The Morgan fingerprint density at radius 3 is 2.21 bits per heavy atom. The van der Waals surface area contributed by atoms with Gasteiger partial charge >= 0.3 is 0 Å². The zero-order valence-electron chi connectivity index (χ0n) is 18.4. The number of aryl methyl sites for hydroxylation is 1. The lowest BCUT2D eigenvalue weighted by Crippen LogP contribution is -2.55. The van der Waals surface area contributed by atoms with Crippen LogP contribution in [0.25, 0.3) is 0 Å². The quantitative estimate of drug-likeness (QED) is 0.825. The monoisotopic (exact) mass is 400 g/mol. The number of benzene rings is 1. The van der Waals surface area contributed by atoms with E-state index in [0.717, 1.165) is 45.0 Å². The lowest BCUT2D eigenvalue weighted by molar-refractivity contribution is -0.136. The normalized spacial score (nSPS) is 24.9. The average molecular weight is 401 g/mol. The van der Waals surface area contributed by atoms with Crippen LogP contribution in [0.2, 0.25) is 0 Å². The van der Waals surface area contributed by atoms with Gasteiger partial charge in [0.2, 0.25) is 11.8 Å². The number of piperazine rings is 1. The molecule has 0 aliphatic carbocycles. The number of rotatable bonds is 5. The van der Waals surface area contributed by atoms with Gasteiger partial charge in [0.1, 0.15) is 0 Å². The summed E-state index contributed by atoms with van der Waals surface area (Å²) in [5.41, 5.74) is 2.01. The van der Waals surface area contributed by atoms with E-state index in [0.29, 0.717) is 18.4 Å². The molecule has 0 saturated carbocycles. The summed E-state index contributed by atoms with van der Waals surface area (Å²) in [5, 5.41) is 3.01. The summed E-state index contributed by atoms with van der Waals surface area (Å²) in [5.74, 6) is 1.46. The lowest BCUT2D eigenvalue weighted by Gasteiger charge is -2.39. The van der Waals surface area contributed by atoms with Gasteiger partial charge in [-0.3, -0.25) is 19.4 Å². The van der Waals surface area contributed by atoms with Crippen molar-refractivity contribution >= 4 is 17.5 Å². The van der Waals surface area contributed by atoms with Crippen molar-refractivity contribution in [2.75, 3.05) is 51.1 Å². The maximum Gasteiger partial charge on any atom is 0.241 e. The van der Waals surface area contributed by atoms with E-state index in [9.17, 15) is 9.59 Å². The largest absolute Gasteiger partial charge is 0.341 e. The smallest absolute Gasteiger partial charge is 0.241 e.